The van der Waals surface area contributed by atoms with Gasteiger partial charge in [-0.1, -0.05) is 406 Å². The van der Waals surface area contributed by atoms with Crippen molar-refractivity contribution in [3.63, 3.8) is 0 Å². The van der Waals surface area contributed by atoms with Crippen LogP contribution in [-0.4, -0.2) is 0 Å². The molecule has 2 heterocycles. The van der Waals surface area contributed by atoms with Crippen LogP contribution in [0.4, 0.5) is 34.1 Å². The number of nitrogens with zero attached hydrogens (tertiary/aromatic N) is 2. The van der Waals surface area contributed by atoms with Crippen LogP contribution in [0.15, 0.2) is 464 Å². The molecule has 0 amide bonds. The van der Waals surface area contributed by atoms with Crippen molar-refractivity contribution in [3.05, 3.63) is 483 Å². The van der Waals surface area contributed by atoms with Crippen molar-refractivity contribution in [2.45, 2.75) is 64.7 Å². The smallest absolute Gasteiger partial charge is 0.144 e. The lowest BCUT2D eigenvalue weighted by molar-refractivity contribution is 0.590. The first-order valence-electron chi connectivity index (χ1n) is 47.5. The molecule has 4 heteroatoms. The van der Waals surface area contributed by atoms with E-state index in [9.17, 15) is 0 Å². The zero-order valence-electron chi connectivity index (χ0n) is 77.0. The fraction of sp³-hybridized carbons (Fsp3) is 0.0758. The zero-order chi connectivity index (χ0) is 91.2. The highest BCUT2D eigenvalue weighted by Crippen LogP contribution is 2.59. The van der Waals surface area contributed by atoms with Crippen LogP contribution in [0.25, 0.3) is 198 Å². The zero-order valence-corrected chi connectivity index (χ0v) is 77.0. The Balaban J connectivity index is 0.000000145. The Kier molecular flexibility index (Phi) is 19.2. The molecule has 0 fully saturated rings. The predicted molar refractivity (Wildman–Crippen MR) is 576 cm³/mol. The number of hydrogen-bond acceptors (Lipinski definition) is 4. The summed E-state index contributed by atoms with van der Waals surface area (Å²) in [6.07, 6.45) is 0. The van der Waals surface area contributed by atoms with Gasteiger partial charge in [-0.25, -0.2) is 0 Å². The van der Waals surface area contributed by atoms with Crippen molar-refractivity contribution in [1.82, 2.24) is 0 Å². The molecular weight excluding hydrogens is 1650 g/mol. The Bertz CT molecular complexity index is 8880. The summed E-state index contributed by atoms with van der Waals surface area (Å²) in [7, 11) is 0. The van der Waals surface area contributed by atoms with E-state index in [1.807, 2.05) is 0 Å². The molecule has 4 nitrogen and oxygen atoms in total. The Labute approximate surface area is 792 Å². The van der Waals surface area contributed by atoms with E-state index in [0.717, 1.165) is 100 Å². The van der Waals surface area contributed by atoms with Gasteiger partial charge in [0.05, 0.1) is 0 Å². The second-order valence-corrected chi connectivity index (χ2v) is 38.9. The maximum absolute atomic E-state index is 7.37. The van der Waals surface area contributed by atoms with Crippen LogP contribution in [0.1, 0.15) is 76.3 Å². The topological polar surface area (TPSA) is 32.8 Å². The van der Waals surface area contributed by atoms with E-state index in [2.05, 4.69) is 513 Å². The first kappa shape index (κ1) is 81.3. The number of anilines is 6. The van der Waals surface area contributed by atoms with Crippen LogP contribution >= 0.6 is 0 Å². The van der Waals surface area contributed by atoms with Gasteiger partial charge < -0.3 is 18.6 Å². The van der Waals surface area contributed by atoms with E-state index < -0.39 is 0 Å². The third kappa shape index (κ3) is 13.4. The van der Waals surface area contributed by atoms with Gasteiger partial charge in [0.1, 0.15) is 22.3 Å². The maximum atomic E-state index is 7.37. The molecule has 0 unspecified atom stereocenters. The molecule has 0 spiro atoms. The van der Waals surface area contributed by atoms with Gasteiger partial charge in [-0.05, 0) is 262 Å². The van der Waals surface area contributed by atoms with Crippen LogP contribution in [0.2, 0.25) is 0 Å². The fourth-order valence-corrected chi connectivity index (χ4v) is 22.4. The number of furan rings is 2. The average Bonchev–Trinajstić information content (AvgIpc) is 1.54. The molecule has 136 heavy (non-hydrogen) atoms. The molecule has 2 aliphatic carbocycles. The minimum absolute atomic E-state index is 0.120. The van der Waals surface area contributed by atoms with Gasteiger partial charge in [-0.3, -0.25) is 0 Å². The molecule has 2 aliphatic rings. The number of rotatable bonds is 13. The lowest BCUT2D eigenvalue weighted by atomic mass is 9.80. The molecule has 646 valence electrons. The lowest BCUT2D eigenvalue weighted by Gasteiger charge is -2.26. The van der Waals surface area contributed by atoms with E-state index in [-0.39, 0.29) is 16.2 Å². The number of fused-ring (bicyclic) bond motifs is 21. The van der Waals surface area contributed by atoms with Crippen molar-refractivity contribution in [2.24, 2.45) is 0 Å². The molecule has 2 aromatic heterocycles. The summed E-state index contributed by atoms with van der Waals surface area (Å²) in [5.74, 6) is 0. The van der Waals surface area contributed by atoms with Gasteiger partial charge in [-0.2, -0.15) is 0 Å². The van der Waals surface area contributed by atoms with E-state index in [0.29, 0.717) is 0 Å². The Morgan fingerprint density at radius 1 is 0.191 bits per heavy atom. The predicted octanol–water partition coefficient (Wildman–Crippen LogP) is 37.5. The van der Waals surface area contributed by atoms with Crippen molar-refractivity contribution >= 4 is 132 Å². The van der Waals surface area contributed by atoms with E-state index in [1.54, 1.807) is 0 Å². The minimum Gasteiger partial charge on any atom is -0.455 e. The van der Waals surface area contributed by atoms with Crippen LogP contribution in [0.5, 0.6) is 0 Å². The van der Waals surface area contributed by atoms with Crippen LogP contribution in [0.3, 0.4) is 0 Å². The number of hydrogen-bond donors (Lipinski definition) is 0. The summed E-state index contributed by atoms with van der Waals surface area (Å²) in [5.41, 5.74) is 37.9. The molecule has 0 atom stereocenters. The van der Waals surface area contributed by atoms with Crippen LogP contribution in [0, 0.1) is 0 Å². The lowest BCUT2D eigenvalue weighted by Crippen LogP contribution is -2.15. The second kappa shape index (κ2) is 32.1. The molecule has 0 saturated carbocycles. The standard InChI is InChI=1S/C69H47NO.C63H49NO/c1-69(2)63-29-13-12-25-59(63)66-64(69)43-62(57-27-14-20-46-18-6-8-21-53(46)57)65-60-28-15-26-55(67(60)71-68(65)66)47-32-38-51(39-33-47)70(50-36-30-45(31-37-50)44-16-4-3-5-17-44)52-40-34-48(35-41-52)61-42-49-19-7-9-22-54(49)56-23-10-11-24-58(56)61;1-62(2,3)44-32-26-40(27-33-44)41-28-34-46(35-29-41)64(45-17-7-6-8-18-45)47-36-30-42(31-37-47)49-23-15-24-53-58-55(54-38-43-16-9-10-19-48(43)50-20-11-12-21-51(50)54)39-57-59(61(58)65-60(49)53)52-22-13-14-25-56(52)63(57,4)5/h3-43H,1-2H3;6-39H,1-5H3. The van der Waals surface area contributed by atoms with E-state index in [1.165, 1.54) is 160 Å². The van der Waals surface area contributed by atoms with Gasteiger partial charge in [-0.15, -0.1) is 0 Å². The summed E-state index contributed by atoms with van der Waals surface area (Å²) in [6.45, 7) is 16.2. The third-order valence-corrected chi connectivity index (χ3v) is 29.3. The van der Waals surface area contributed by atoms with E-state index in [4.69, 9.17) is 8.83 Å². The number of benzene rings is 22. The molecule has 0 aliphatic heterocycles. The quantitative estimate of drug-likeness (QED) is 0.108. The van der Waals surface area contributed by atoms with E-state index >= 15 is 0 Å². The van der Waals surface area contributed by atoms with Gasteiger partial charge in [0.2, 0.25) is 0 Å². The molecule has 0 saturated heterocycles. The van der Waals surface area contributed by atoms with Gasteiger partial charge in [0.25, 0.3) is 0 Å². The molecule has 0 N–H and O–H groups in total. The average molecular weight is 1740 g/mol. The highest BCUT2D eigenvalue weighted by atomic mass is 16.3. The van der Waals surface area contributed by atoms with Crippen molar-refractivity contribution in [1.29, 1.82) is 0 Å². The van der Waals surface area contributed by atoms with Gasteiger partial charge >= 0.3 is 0 Å². The molecule has 24 aromatic rings. The molecular formula is C132H96N2O2. The normalized spacial score (nSPS) is 12.9. The summed E-state index contributed by atoms with van der Waals surface area (Å²) in [4.78, 5) is 4.70. The third-order valence-electron chi connectivity index (χ3n) is 29.3. The maximum Gasteiger partial charge on any atom is 0.144 e. The highest BCUT2D eigenvalue weighted by Gasteiger charge is 2.41. The highest BCUT2D eigenvalue weighted by molar-refractivity contribution is 6.26. The molecule has 0 bridgehead atoms. The Morgan fingerprint density at radius 2 is 0.493 bits per heavy atom. The van der Waals surface area contributed by atoms with Crippen LogP contribution < -0.4 is 9.80 Å². The second-order valence-electron chi connectivity index (χ2n) is 38.9. The first-order chi connectivity index (χ1) is 66.6. The van der Waals surface area contributed by atoms with Gasteiger partial charge in [0.15, 0.2) is 0 Å². The monoisotopic (exact) mass is 1740 g/mol. The van der Waals surface area contributed by atoms with Gasteiger partial charge in [0, 0.05) is 88.8 Å². The molecule has 26 rings (SSSR count). The summed E-state index contributed by atoms with van der Waals surface area (Å²) in [5, 5.41) is 17.1. The summed E-state index contributed by atoms with van der Waals surface area (Å²) in [6, 6.07) is 166. The molecule has 22 aromatic carbocycles. The SMILES string of the molecule is CC(C)(C)c1ccc(-c2ccc(N(c3ccccc3)c3ccc(-c4cccc5c4oc4c6c(cc(-c7cc8ccccc8c8ccccc78)c45)C(C)(C)c4ccccc4-6)cc3)cc2)cc1.CC1(C)c2ccccc2-c2c1cc(-c1cccc3ccccc13)c1c2oc2c(-c3ccc(N(c4ccc(-c5ccccc5)cc4)c4ccc(-c5cc6ccccc6c6ccccc56)cc4)cc3)cccc21. The molecule has 0 radical (unpaired) electrons. The fourth-order valence-electron chi connectivity index (χ4n) is 22.4. The van der Waals surface area contributed by atoms with Crippen LogP contribution in [-0.2, 0) is 16.2 Å². The van der Waals surface area contributed by atoms with Crippen molar-refractivity contribution < 1.29 is 8.83 Å². The Morgan fingerprint density at radius 3 is 0.949 bits per heavy atom. The first-order valence-corrected chi connectivity index (χ1v) is 47.5. The minimum atomic E-state index is -0.207. The van der Waals surface area contributed by atoms with Crippen molar-refractivity contribution in [3.8, 4) is 100 Å². The largest absolute Gasteiger partial charge is 0.455 e. The summed E-state index contributed by atoms with van der Waals surface area (Å²) < 4.78 is 14.7. The number of para-hydroxylation sites is 3. The Hall–Kier alpha value is -16.7. The summed E-state index contributed by atoms with van der Waals surface area (Å²) >= 11 is 0. The van der Waals surface area contributed by atoms with Crippen molar-refractivity contribution in [2.75, 3.05) is 9.80 Å².